The maximum absolute atomic E-state index is 13.5. The fourth-order valence-electron chi connectivity index (χ4n) is 6.19. The predicted molar refractivity (Wildman–Crippen MR) is 140 cm³/mol. The molecule has 2 fully saturated rings. The van der Waals surface area contributed by atoms with Gasteiger partial charge in [0.2, 0.25) is 6.79 Å². The van der Waals surface area contributed by atoms with Crippen molar-refractivity contribution in [3.05, 3.63) is 95.2 Å². The number of hydrogen-bond donors (Lipinski definition) is 1. The molecule has 0 radical (unpaired) electrons. The van der Waals surface area contributed by atoms with Crippen LogP contribution in [-0.4, -0.2) is 57.4 Å². The van der Waals surface area contributed by atoms with Crippen molar-refractivity contribution in [2.75, 3.05) is 28.1 Å². The second-order valence-corrected chi connectivity index (χ2v) is 9.59. The minimum Gasteiger partial charge on any atom is -0.501 e. The minimum absolute atomic E-state index is 0.0213. The first-order valence-electron chi connectivity index (χ1n) is 12.5. The van der Waals surface area contributed by atoms with E-state index in [2.05, 4.69) is 6.58 Å². The summed E-state index contributed by atoms with van der Waals surface area (Å²) in [6.45, 7) is 6.03. The quantitative estimate of drug-likeness (QED) is 0.297. The summed E-state index contributed by atoms with van der Waals surface area (Å²) >= 11 is 0. The van der Waals surface area contributed by atoms with Gasteiger partial charge in [-0.25, -0.2) is 0 Å². The minimum atomic E-state index is -2.21. The Balaban J connectivity index is 1.92. The Morgan fingerprint density at radius 2 is 1.77 bits per heavy atom. The third-order valence-electron chi connectivity index (χ3n) is 7.80. The zero-order chi connectivity index (χ0) is 28.7. The molecule has 1 saturated carbocycles. The van der Waals surface area contributed by atoms with Gasteiger partial charge in [0.1, 0.15) is 17.4 Å². The summed E-state index contributed by atoms with van der Waals surface area (Å²) in [5.41, 5.74) is -2.84. The van der Waals surface area contributed by atoms with Crippen molar-refractivity contribution in [2.24, 2.45) is 5.92 Å². The van der Waals surface area contributed by atoms with Gasteiger partial charge in [-0.2, -0.15) is 0 Å². The fraction of sp³-hybridized carbons (Fsp3) is 0.333. The van der Waals surface area contributed by atoms with E-state index in [1.807, 2.05) is 6.07 Å². The summed E-state index contributed by atoms with van der Waals surface area (Å²) in [5.74, 6) is -1.27. The van der Waals surface area contributed by atoms with E-state index in [0.717, 1.165) is 0 Å². The number of hydrogen-bond acceptors (Lipinski definition) is 10. The van der Waals surface area contributed by atoms with Crippen molar-refractivity contribution >= 4 is 12.4 Å². The standard InChI is InChI=1S/C30H30O10/c1-17(34-3)13-23(35-4)25-18(2)40-30(20-11-12-21-22(14-20)39-16-38-21)26(19-9-7-6-8-10-19)24(28(32)36-5)27(37-15-31)29(25,30)33/h6-15,24,26-27,33H,2,16H2,1,3-5H3/b17-13+,25-23-/t24-,26?,27?,29?,30?/m1/s1. The molecule has 4 unspecified atom stereocenters. The van der Waals surface area contributed by atoms with Crippen molar-refractivity contribution in [1.82, 2.24) is 0 Å². The normalized spacial score (nSPS) is 29.8. The molecule has 10 heteroatoms. The van der Waals surface area contributed by atoms with Gasteiger partial charge >= 0.3 is 5.97 Å². The average Bonchev–Trinajstić information content (AvgIpc) is 3.59. The van der Waals surface area contributed by atoms with Crippen LogP contribution in [0.3, 0.4) is 0 Å². The van der Waals surface area contributed by atoms with Gasteiger partial charge in [0.05, 0.1) is 32.7 Å². The summed E-state index contributed by atoms with van der Waals surface area (Å²) in [5, 5.41) is 13.1. The van der Waals surface area contributed by atoms with Crippen molar-refractivity contribution in [1.29, 1.82) is 0 Å². The Morgan fingerprint density at radius 3 is 2.42 bits per heavy atom. The SMILES string of the molecule is C=C1OC2(c3ccc4c(c3)OCO4)C(c3ccccc3)[C@@H](C(=O)OC)C(OC=O)C2(O)/C1=C(/C=C(\C)OC)OC. The fourth-order valence-corrected chi connectivity index (χ4v) is 6.19. The number of esters is 1. The van der Waals surface area contributed by atoms with Crippen LogP contribution in [-0.2, 0) is 38.9 Å². The van der Waals surface area contributed by atoms with E-state index in [1.54, 1.807) is 55.5 Å². The lowest BCUT2D eigenvalue weighted by atomic mass is 9.70. The molecular weight excluding hydrogens is 520 g/mol. The first kappa shape index (κ1) is 27.1. The van der Waals surface area contributed by atoms with Gasteiger partial charge in [0.15, 0.2) is 28.8 Å². The van der Waals surface area contributed by atoms with E-state index in [-0.39, 0.29) is 30.4 Å². The highest BCUT2D eigenvalue weighted by Crippen LogP contribution is 2.69. The largest absolute Gasteiger partial charge is 0.501 e. The molecule has 1 N–H and O–H groups in total. The van der Waals surface area contributed by atoms with Crippen LogP contribution in [0.25, 0.3) is 0 Å². The van der Waals surface area contributed by atoms with Crippen LogP contribution in [0.1, 0.15) is 24.0 Å². The summed E-state index contributed by atoms with van der Waals surface area (Å²) in [7, 11) is 4.13. The molecule has 2 aliphatic heterocycles. The number of ether oxygens (including phenoxy) is 7. The van der Waals surface area contributed by atoms with E-state index in [4.69, 9.17) is 33.2 Å². The molecule has 1 saturated heterocycles. The number of methoxy groups -OCH3 is 3. The van der Waals surface area contributed by atoms with E-state index < -0.39 is 35.1 Å². The second kappa shape index (κ2) is 10.3. The average molecular weight is 551 g/mol. The lowest BCUT2D eigenvalue weighted by Crippen LogP contribution is -2.54. The molecule has 2 aromatic carbocycles. The van der Waals surface area contributed by atoms with Crippen molar-refractivity contribution in [2.45, 2.75) is 30.1 Å². The predicted octanol–water partition coefficient (Wildman–Crippen LogP) is 3.46. The molecule has 10 nitrogen and oxygen atoms in total. The summed E-state index contributed by atoms with van der Waals surface area (Å²) in [6.07, 6.45) is 0.0714. The van der Waals surface area contributed by atoms with Crippen LogP contribution in [0.15, 0.2) is 84.0 Å². The molecule has 0 amide bonds. The van der Waals surface area contributed by atoms with Gasteiger partial charge in [0.25, 0.3) is 6.47 Å². The third-order valence-corrected chi connectivity index (χ3v) is 7.80. The molecule has 2 aromatic rings. The molecule has 210 valence electrons. The van der Waals surface area contributed by atoms with Crippen LogP contribution in [0.5, 0.6) is 11.5 Å². The molecule has 0 aromatic heterocycles. The monoisotopic (exact) mass is 550 g/mol. The van der Waals surface area contributed by atoms with Gasteiger partial charge < -0.3 is 38.3 Å². The van der Waals surface area contributed by atoms with E-state index in [0.29, 0.717) is 28.4 Å². The molecule has 5 rings (SSSR count). The zero-order valence-electron chi connectivity index (χ0n) is 22.5. The second-order valence-electron chi connectivity index (χ2n) is 9.59. The maximum atomic E-state index is 13.5. The molecule has 2 heterocycles. The topological polar surface area (TPSA) is 119 Å². The molecular formula is C30H30O10. The number of carbonyl (C=O) groups excluding carboxylic acids is 2. The molecule has 5 atom stereocenters. The lowest BCUT2D eigenvalue weighted by molar-refractivity contribution is -0.166. The smallest absolute Gasteiger partial charge is 0.313 e. The first-order chi connectivity index (χ1) is 19.3. The van der Waals surface area contributed by atoms with Crippen LogP contribution in [0.4, 0.5) is 0 Å². The van der Waals surface area contributed by atoms with Crippen molar-refractivity contribution in [3.63, 3.8) is 0 Å². The lowest BCUT2D eigenvalue weighted by Gasteiger charge is -2.40. The maximum Gasteiger partial charge on any atom is 0.313 e. The highest BCUT2D eigenvalue weighted by atomic mass is 16.7. The van der Waals surface area contributed by atoms with Gasteiger partial charge in [-0.05, 0) is 24.6 Å². The Bertz CT molecular complexity index is 1400. The Kier molecular flexibility index (Phi) is 6.97. The zero-order valence-corrected chi connectivity index (χ0v) is 22.5. The van der Waals surface area contributed by atoms with Crippen LogP contribution < -0.4 is 9.47 Å². The Hall–Kier alpha value is -4.44. The first-order valence-corrected chi connectivity index (χ1v) is 12.5. The Labute approximate surface area is 231 Å². The highest BCUT2D eigenvalue weighted by molar-refractivity contribution is 5.79. The molecule has 0 bridgehead atoms. The van der Waals surface area contributed by atoms with Crippen molar-refractivity contribution in [3.8, 4) is 11.5 Å². The van der Waals surface area contributed by atoms with Gasteiger partial charge in [-0.1, -0.05) is 43.0 Å². The number of aliphatic hydroxyl groups is 1. The molecule has 40 heavy (non-hydrogen) atoms. The Morgan fingerprint density at radius 1 is 1.05 bits per heavy atom. The third kappa shape index (κ3) is 3.74. The number of fused-ring (bicyclic) bond motifs is 2. The molecule has 3 aliphatic rings. The number of carbonyl (C=O) groups is 2. The van der Waals surface area contributed by atoms with Crippen LogP contribution in [0.2, 0.25) is 0 Å². The molecule has 0 spiro atoms. The van der Waals surface area contributed by atoms with E-state index >= 15 is 0 Å². The summed E-state index contributed by atoms with van der Waals surface area (Å²) in [6, 6.07) is 14.1. The highest BCUT2D eigenvalue weighted by Gasteiger charge is 2.80. The van der Waals surface area contributed by atoms with Gasteiger partial charge in [-0.3, -0.25) is 9.59 Å². The number of rotatable bonds is 8. The summed E-state index contributed by atoms with van der Waals surface area (Å²) in [4.78, 5) is 25.5. The van der Waals surface area contributed by atoms with Gasteiger partial charge in [0, 0.05) is 17.6 Å². The summed E-state index contributed by atoms with van der Waals surface area (Å²) < 4.78 is 39.7. The number of benzene rings is 2. The van der Waals surface area contributed by atoms with Crippen LogP contribution >= 0.6 is 0 Å². The van der Waals surface area contributed by atoms with Crippen LogP contribution in [0, 0.1) is 5.92 Å². The van der Waals surface area contributed by atoms with E-state index in [9.17, 15) is 14.7 Å². The number of allylic oxidation sites excluding steroid dienone is 2. The van der Waals surface area contributed by atoms with E-state index in [1.165, 1.54) is 21.3 Å². The molecule has 1 aliphatic carbocycles. The van der Waals surface area contributed by atoms with Crippen molar-refractivity contribution < 1.29 is 47.9 Å². The van der Waals surface area contributed by atoms with Gasteiger partial charge in [-0.15, -0.1) is 0 Å².